The van der Waals surface area contributed by atoms with Crippen LogP contribution in [0, 0.1) is 5.41 Å². The van der Waals surface area contributed by atoms with Gasteiger partial charge in [0.15, 0.2) is 0 Å². The Bertz CT molecular complexity index is 683. The number of carbonyl (C=O) groups is 1. The van der Waals surface area contributed by atoms with E-state index in [1.165, 1.54) is 11.2 Å². The first kappa shape index (κ1) is 13.0. The molecule has 3 heterocycles. The predicted octanol–water partition coefficient (Wildman–Crippen LogP) is 0.740. The van der Waals surface area contributed by atoms with Crippen molar-refractivity contribution in [2.45, 2.75) is 31.3 Å². The molecule has 0 unspecified atom stereocenters. The molecule has 2 saturated heterocycles. The Hall–Kier alpha value is -1.65. The predicted molar refractivity (Wildman–Crippen MR) is 65.9 cm³/mol. The molecule has 3 aliphatic rings. The average Bonchev–Trinajstić information content (AvgIpc) is 2.87. The van der Waals surface area contributed by atoms with Crippen LogP contribution < -0.4 is 0 Å². The van der Waals surface area contributed by atoms with Crippen molar-refractivity contribution in [2.24, 2.45) is 5.41 Å². The van der Waals surface area contributed by atoms with Gasteiger partial charge in [0.2, 0.25) is 0 Å². The maximum absolute atomic E-state index is 12.4. The number of piperidine rings is 1. The van der Waals surface area contributed by atoms with Crippen molar-refractivity contribution in [3.05, 3.63) is 18.0 Å². The molecule has 2 amide bonds. The van der Waals surface area contributed by atoms with Gasteiger partial charge in [-0.25, -0.2) is 4.79 Å². The number of carbonyl (C=O) groups excluding carboxylic acids is 1. The fourth-order valence-corrected chi connectivity index (χ4v) is 3.84. The van der Waals surface area contributed by atoms with Gasteiger partial charge in [-0.1, -0.05) is 5.16 Å². The lowest BCUT2D eigenvalue weighted by Crippen LogP contribution is -2.43. The van der Waals surface area contributed by atoms with Crippen LogP contribution in [0.3, 0.4) is 0 Å². The summed E-state index contributed by atoms with van der Waals surface area (Å²) in [7, 11) is -4.73. The molecule has 0 aromatic carbocycles. The zero-order valence-electron chi connectivity index (χ0n) is 10.9. The van der Waals surface area contributed by atoms with Gasteiger partial charge in [-0.15, -0.1) is 4.28 Å². The van der Waals surface area contributed by atoms with Gasteiger partial charge < -0.3 is 9.42 Å². The molecular formula is C11H13N3O6S. The second kappa shape index (κ2) is 3.96. The molecule has 3 fully saturated rings. The monoisotopic (exact) mass is 315 g/mol. The standard InChI is InChI=1S/C11H13N3O6S/c15-10-13-6-9(14(10)20-21(16,17)18)11(2-3-11)5-8(13)7-1-4-19-12-7/h1,4,8-9H,2-3,5-6H2,(H,16,17,18)/t8-,9-/m0/s1. The topological polar surface area (TPSA) is 113 Å². The molecule has 1 saturated carbocycles. The molecule has 114 valence electrons. The van der Waals surface area contributed by atoms with Gasteiger partial charge >= 0.3 is 16.4 Å². The third-order valence-electron chi connectivity index (χ3n) is 4.64. The minimum absolute atomic E-state index is 0.170. The Morgan fingerprint density at radius 1 is 1.48 bits per heavy atom. The van der Waals surface area contributed by atoms with Gasteiger partial charge in [-0.05, 0) is 24.7 Å². The summed E-state index contributed by atoms with van der Waals surface area (Å²) in [4.78, 5) is 13.9. The number of rotatable bonds is 3. The Morgan fingerprint density at radius 3 is 2.81 bits per heavy atom. The minimum Gasteiger partial charge on any atom is -0.364 e. The molecule has 21 heavy (non-hydrogen) atoms. The summed E-state index contributed by atoms with van der Waals surface area (Å²) in [6, 6.07) is 0.496. The smallest absolute Gasteiger partial charge is 0.364 e. The largest absolute Gasteiger partial charge is 0.418 e. The van der Waals surface area contributed by atoms with E-state index >= 15 is 0 Å². The van der Waals surface area contributed by atoms with Crippen molar-refractivity contribution in [3.63, 3.8) is 0 Å². The van der Waals surface area contributed by atoms with Gasteiger partial charge in [-0.2, -0.15) is 13.5 Å². The molecule has 1 aliphatic carbocycles. The zero-order valence-corrected chi connectivity index (χ0v) is 11.7. The van der Waals surface area contributed by atoms with Gasteiger partial charge in [0.25, 0.3) is 0 Å². The van der Waals surface area contributed by atoms with E-state index in [9.17, 15) is 13.2 Å². The zero-order chi connectivity index (χ0) is 14.8. The first-order valence-corrected chi connectivity index (χ1v) is 7.93. The number of hydrogen-bond acceptors (Lipinski definition) is 6. The van der Waals surface area contributed by atoms with Crippen molar-refractivity contribution in [2.75, 3.05) is 6.54 Å². The lowest BCUT2D eigenvalue weighted by Gasteiger charge is -2.35. The number of hydroxylamine groups is 2. The Balaban J connectivity index is 1.70. The van der Waals surface area contributed by atoms with E-state index in [-0.39, 0.29) is 17.5 Å². The normalized spacial score (nSPS) is 30.2. The number of hydrogen-bond donors (Lipinski definition) is 1. The van der Waals surface area contributed by atoms with Crippen molar-refractivity contribution in [1.29, 1.82) is 0 Å². The first-order chi connectivity index (χ1) is 9.90. The molecule has 9 nitrogen and oxygen atoms in total. The third kappa shape index (κ3) is 1.93. The summed E-state index contributed by atoms with van der Waals surface area (Å²) in [6.45, 7) is 0.353. The molecule has 2 atom stereocenters. The van der Waals surface area contributed by atoms with Crippen molar-refractivity contribution < 1.29 is 26.6 Å². The summed E-state index contributed by atoms with van der Waals surface area (Å²) in [5, 5.41) is 4.68. The molecule has 10 heteroatoms. The van der Waals surface area contributed by atoms with E-state index in [1.54, 1.807) is 6.07 Å². The summed E-state index contributed by atoms with van der Waals surface area (Å²) in [5.74, 6) is 0. The van der Waals surface area contributed by atoms with Crippen LogP contribution in [0.4, 0.5) is 4.79 Å². The highest BCUT2D eigenvalue weighted by Gasteiger charge is 2.64. The summed E-state index contributed by atoms with van der Waals surface area (Å²) >= 11 is 0. The molecule has 1 aromatic heterocycles. The molecule has 1 N–H and O–H groups in total. The molecular weight excluding hydrogens is 302 g/mol. The second-order valence-electron chi connectivity index (χ2n) is 5.79. The fraction of sp³-hybridized carbons (Fsp3) is 0.636. The number of nitrogens with zero attached hydrogens (tertiary/aromatic N) is 3. The van der Waals surface area contributed by atoms with E-state index in [1.807, 2.05) is 0 Å². The average molecular weight is 315 g/mol. The number of fused-ring (bicyclic) bond motifs is 3. The van der Waals surface area contributed by atoms with E-state index in [4.69, 9.17) is 9.08 Å². The van der Waals surface area contributed by atoms with Gasteiger partial charge in [0.05, 0.1) is 12.1 Å². The quantitative estimate of drug-likeness (QED) is 0.818. The molecule has 1 spiro atoms. The highest BCUT2D eigenvalue weighted by molar-refractivity contribution is 7.80. The Morgan fingerprint density at radius 2 is 2.24 bits per heavy atom. The molecule has 2 bridgehead atoms. The van der Waals surface area contributed by atoms with Crippen LogP contribution in [0.5, 0.6) is 0 Å². The fourth-order valence-electron chi connectivity index (χ4n) is 3.47. The third-order valence-corrected chi connectivity index (χ3v) is 4.98. The van der Waals surface area contributed by atoms with Gasteiger partial charge in [0, 0.05) is 12.6 Å². The first-order valence-electron chi connectivity index (χ1n) is 6.57. The SMILES string of the molecule is O=C1N2C[C@H](N1OS(=O)(=O)O)C1(CC1)C[C@H]2c1ccon1. The molecule has 2 aliphatic heterocycles. The maximum Gasteiger partial charge on any atom is 0.418 e. The summed E-state index contributed by atoms with van der Waals surface area (Å²) in [5.41, 5.74) is 0.471. The Kier molecular flexibility index (Phi) is 2.46. The minimum atomic E-state index is -4.73. The lowest BCUT2D eigenvalue weighted by molar-refractivity contribution is -0.0527. The van der Waals surface area contributed by atoms with E-state index < -0.39 is 16.4 Å². The van der Waals surface area contributed by atoms with E-state index in [0.29, 0.717) is 18.7 Å². The molecule has 1 aromatic rings. The van der Waals surface area contributed by atoms with Gasteiger partial charge in [0.1, 0.15) is 12.0 Å². The van der Waals surface area contributed by atoms with Crippen molar-refractivity contribution in [3.8, 4) is 0 Å². The van der Waals surface area contributed by atoms with Crippen LogP contribution >= 0.6 is 0 Å². The van der Waals surface area contributed by atoms with Crippen LogP contribution in [0.25, 0.3) is 0 Å². The summed E-state index contributed by atoms with van der Waals surface area (Å²) in [6.07, 6.45) is 3.90. The number of aromatic nitrogens is 1. The van der Waals surface area contributed by atoms with Crippen LogP contribution in [-0.2, 0) is 14.7 Å². The molecule has 0 radical (unpaired) electrons. The maximum atomic E-state index is 12.4. The van der Waals surface area contributed by atoms with E-state index in [0.717, 1.165) is 17.9 Å². The second-order valence-corrected chi connectivity index (χ2v) is 6.79. The molecule has 4 rings (SSSR count). The van der Waals surface area contributed by atoms with Crippen LogP contribution in [0.1, 0.15) is 31.0 Å². The Labute approximate surface area is 120 Å². The highest BCUT2D eigenvalue weighted by Crippen LogP contribution is 2.61. The van der Waals surface area contributed by atoms with E-state index in [2.05, 4.69) is 9.44 Å². The lowest BCUT2D eigenvalue weighted by atomic mass is 9.84. The number of urea groups is 1. The van der Waals surface area contributed by atoms with Crippen molar-refractivity contribution in [1.82, 2.24) is 15.1 Å². The summed E-state index contributed by atoms with van der Waals surface area (Å²) < 4.78 is 40.1. The van der Waals surface area contributed by atoms with Crippen molar-refractivity contribution >= 4 is 16.4 Å². The number of amides is 2. The highest BCUT2D eigenvalue weighted by atomic mass is 32.3. The van der Waals surface area contributed by atoms with Crippen LogP contribution in [0.15, 0.2) is 16.9 Å². The van der Waals surface area contributed by atoms with Crippen LogP contribution in [0.2, 0.25) is 0 Å². The van der Waals surface area contributed by atoms with Crippen LogP contribution in [-0.4, -0.2) is 46.7 Å². The van der Waals surface area contributed by atoms with Gasteiger partial charge in [-0.3, -0.25) is 4.55 Å².